The second-order valence-electron chi connectivity index (χ2n) is 7.14. The fraction of sp³-hybridized carbons (Fsp3) is 0.115. The maximum atomic E-state index is 12.3. The molecule has 0 spiro atoms. The topological polar surface area (TPSA) is 35.5 Å². The molecule has 3 aromatic rings. The number of cyclic esters (lactones) is 1. The summed E-state index contributed by atoms with van der Waals surface area (Å²) < 4.78 is 11.3. The van der Waals surface area contributed by atoms with Gasteiger partial charge < -0.3 is 9.47 Å². The first-order valence-electron chi connectivity index (χ1n) is 9.58. The van der Waals surface area contributed by atoms with E-state index in [0.29, 0.717) is 17.9 Å². The molecule has 0 N–H and O–H groups in total. The van der Waals surface area contributed by atoms with Crippen LogP contribution in [-0.4, -0.2) is 5.97 Å². The van der Waals surface area contributed by atoms with Crippen LogP contribution in [0.2, 0.25) is 0 Å². The maximum absolute atomic E-state index is 12.3. The lowest BCUT2D eigenvalue weighted by Gasteiger charge is -2.06. The summed E-state index contributed by atoms with van der Waals surface area (Å²) in [5, 5.41) is 0. The zero-order valence-corrected chi connectivity index (χ0v) is 16.5. The Bertz CT molecular complexity index is 1090. The van der Waals surface area contributed by atoms with Crippen LogP contribution in [-0.2, 0) is 16.1 Å². The van der Waals surface area contributed by atoms with Gasteiger partial charge in [-0.1, -0.05) is 54.6 Å². The normalized spacial score (nSPS) is 14.6. The van der Waals surface area contributed by atoms with Crippen LogP contribution >= 0.6 is 0 Å². The monoisotopic (exact) mass is 382 g/mol. The number of carbonyl (C=O) groups excluding carboxylic acids is 1. The third-order valence-corrected chi connectivity index (χ3v) is 4.97. The Kier molecular flexibility index (Phi) is 5.30. The molecule has 3 aromatic carbocycles. The minimum atomic E-state index is -0.331. The molecule has 0 saturated heterocycles. The van der Waals surface area contributed by atoms with Crippen molar-refractivity contribution in [3.8, 4) is 5.75 Å². The van der Waals surface area contributed by atoms with E-state index in [1.807, 2.05) is 85.8 Å². The van der Waals surface area contributed by atoms with E-state index in [1.54, 1.807) is 6.08 Å². The second kappa shape index (κ2) is 8.19. The van der Waals surface area contributed by atoms with E-state index in [2.05, 4.69) is 6.92 Å². The number of hydrogen-bond acceptors (Lipinski definition) is 3. The Morgan fingerprint density at radius 1 is 0.897 bits per heavy atom. The summed E-state index contributed by atoms with van der Waals surface area (Å²) in [6.45, 7) is 4.64. The Morgan fingerprint density at radius 3 is 2.38 bits per heavy atom. The van der Waals surface area contributed by atoms with Crippen LogP contribution in [0.4, 0.5) is 0 Å². The minimum Gasteiger partial charge on any atom is -0.489 e. The highest BCUT2D eigenvalue weighted by atomic mass is 16.5. The van der Waals surface area contributed by atoms with Crippen molar-refractivity contribution in [1.29, 1.82) is 0 Å². The maximum Gasteiger partial charge on any atom is 0.343 e. The quantitative estimate of drug-likeness (QED) is 0.409. The van der Waals surface area contributed by atoms with Gasteiger partial charge in [-0.3, -0.25) is 0 Å². The molecule has 0 aromatic heterocycles. The van der Waals surface area contributed by atoms with Crippen LogP contribution in [0.1, 0.15) is 27.8 Å². The number of benzene rings is 3. The van der Waals surface area contributed by atoms with Gasteiger partial charge in [0.25, 0.3) is 0 Å². The molecular weight excluding hydrogens is 360 g/mol. The van der Waals surface area contributed by atoms with E-state index in [1.165, 1.54) is 11.1 Å². The molecule has 0 bridgehead atoms. The first kappa shape index (κ1) is 18.8. The molecule has 0 aliphatic carbocycles. The number of hydrogen-bond donors (Lipinski definition) is 0. The van der Waals surface area contributed by atoms with Gasteiger partial charge in [-0.25, -0.2) is 4.79 Å². The molecule has 29 heavy (non-hydrogen) atoms. The smallest absolute Gasteiger partial charge is 0.343 e. The van der Waals surface area contributed by atoms with Crippen LogP contribution in [0.15, 0.2) is 84.4 Å². The number of carbonyl (C=O) groups is 1. The van der Waals surface area contributed by atoms with Crippen molar-refractivity contribution in [3.05, 3.63) is 112 Å². The van der Waals surface area contributed by atoms with Crippen molar-refractivity contribution in [2.24, 2.45) is 0 Å². The lowest BCUT2D eigenvalue weighted by Crippen LogP contribution is -1.97. The van der Waals surface area contributed by atoms with Gasteiger partial charge >= 0.3 is 5.97 Å². The number of rotatable bonds is 5. The van der Waals surface area contributed by atoms with Gasteiger partial charge in [-0.15, -0.1) is 0 Å². The van der Waals surface area contributed by atoms with E-state index in [9.17, 15) is 4.79 Å². The molecule has 0 radical (unpaired) electrons. The molecule has 0 saturated carbocycles. The molecule has 0 amide bonds. The van der Waals surface area contributed by atoms with Crippen LogP contribution < -0.4 is 4.74 Å². The predicted molar refractivity (Wildman–Crippen MR) is 115 cm³/mol. The third kappa shape index (κ3) is 4.46. The largest absolute Gasteiger partial charge is 0.489 e. The summed E-state index contributed by atoms with van der Waals surface area (Å²) in [5.74, 6) is 1.05. The van der Waals surface area contributed by atoms with Crippen molar-refractivity contribution in [2.75, 3.05) is 0 Å². The summed E-state index contributed by atoms with van der Waals surface area (Å²) in [6.07, 6.45) is 3.63. The van der Waals surface area contributed by atoms with E-state index in [0.717, 1.165) is 22.4 Å². The second-order valence-corrected chi connectivity index (χ2v) is 7.14. The fourth-order valence-corrected chi connectivity index (χ4v) is 3.11. The molecule has 1 heterocycles. The minimum absolute atomic E-state index is 0.331. The van der Waals surface area contributed by atoms with Crippen molar-refractivity contribution in [1.82, 2.24) is 0 Å². The first-order valence-corrected chi connectivity index (χ1v) is 9.58. The zero-order chi connectivity index (χ0) is 20.2. The number of ether oxygens (including phenoxy) is 2. The van der Waals surface area contributed by atoms with Gasteiger partial charge in [-0.2, -0.15) is 0 Å². The molecular formula is C26H22O3. The van der Waals surface area contributed by atoms with Crippen molar-refractivity contribution in [2.45, 2.75) is 20.5 Å². The van der Waals surface area contributed by atoms with Gasteiger partial charge in [0.15, 0.2) is 0 Å². The van der Waals surface area contributed by atoms with Crippen molar-refractivity contribution in [3.63, 3.8) is 0 Å². The number of esters is 1. The average molecular weight is 382 g/mol. The molecule has 3 nitrogen and oxygen atoms in total. The molecule has 1 aliphatic rings. The SMILES string of the molecule is Cc1ccc(C2=C/C(=C\c3ccc(OCc4ccccc4)cc3)C(=O)O2)cc1C. The van der Waals surface area contributed by atoms with Crippen LogP contribution in [0.3, 0.4) is 0 Å². The van der Waals surface area contributed by atoms with Crippen LogP contribution in [0, 0.1) is 13.8 Å². The lowest BCUT2D eigenvalue weighted by atomic mass is 10.0. The standard InChI is InChI=1S/C26H22O3/c1-18-8-11-22(14-19(18)2)25-16-23(26(27)29-25)15-20-9-12-24(13-10-20)28-17-21-6-4-3-5-7-21/h3-16H,17H2,1-2H3/b23-15+. The summed E-state index contributed by atoms with van der Waals surface area (Å²) in [6, 6.07) is 23.8. The van der Waals surface area contributed by atoms with Gasteiger partial charge in [-0.05, 0) is 66.5 Å². The zero-order valence-electron chi connectivity index (χ0n) is 16.5. The average Bonchev–Trinajstić information content (AvgIpc) is 3.10. The van der Waals surface area contributed by atoms with Crippen LogP contribution in [0.5, 0.6) is 5.75 Å². The van der Waals surface area contributed by atoms with Crippen molar-refractivity contribution < 1.29 is 14.3 Å². The van der Waals surface area contributed by atoms with E-state index < -0.39 is 0 Å². The number of aryl methyl sites for hydroxylation is 2. The Labute approximate surface area is 170 Å². The summed E-state index contributed by atoms with van der Waals surface area (Å²) >= 11 is 0. The Balaban J connectivity index is 1.47. The lowest BCUT2D eigenvalue weighted by molar-refractivity contribution is -0.130. The van der Waals surface area contributed by atoms with Gasteiger partial charge in [0, 0.05) is 5.56 Å². The molecule has 4 rings (SSSR count). The van der Waals surface area contributed by atoms with E-state index in [4.69, 9.17) is 9.47 Å². The first-order chi connectivity index (χ1) is 14.1. The van der Waals surface area contributed by atoms with E-state index in [-0.39, 0.29) is 5.97 Å². The molecule has 1 aliphatic heterocycles. The van der Waals surface area contributed by atoms with Gasteiger partial charge in [0.1, 0.15) is 18.1 Å². The highest BCUT2D eigenvalue weighted by Crippen LogP contribution is 2.29. The summed E-state index contributed by atoms with van der Waals surface area (Å²) in [5.41, 5.74) is 5.87. The molecule has 144 valence electrons. The molecule has 0 atom stereocenters. The Morgan fingerprint density at radius 2 is 1.66 bits per heavy atom. The predicted octanol–water partition coefficient (Wildman–Crippen LogP) is 5.86. The summed E-state index contributed by atoms with van der Waals surface area (Å²) in [4.78, 5) is 12.3. The fourth-order valence-electron chi connectivity index (χ4n) is 3.11. The van der Waals surface area contributed by atoms with E-state index >= 15 is 0 Å². The van der Waals surface area contributed by atoms with Gasteiger partial charge in [0.2, 0.25) is 0 Å². The Hall–Kier alpha value is -3.59. The van der Waals surface area contributed by atoms with Crippen molar-refractivity contribution >= 4 is 17.8 Å². The van der Waals surface area contributed by atoms with Gasteiger partial charge in [0.05, 0.1) is 5.57 Å². The molecule has 3 heteroatoms. The molecule has 0 unspecified atom stereocenters. The highest BCUT2D eigenvalue weighted by molar-refractivity contribution is 6.05. The highest BCUT2D eigenvalue weighted by Gasteiger charge is 2.22. The van der Waals surface area contributed by atoms with Crippen LogP contribution in [0.25, 0.3) is 11.8 Å². The summed E-state index contributed by atoms with van der Waals surface area (Å²) in [7, 11) is 0. The third-order valence-electron chi connectivity index (χ3n) is 4.97. The molecule has 0 fully saturated rings.